The molecule has 0 atom stereocenters. The van der Waals surface area contributed by atoms with E-state index in [0.29, 0.717) is 0 Å². The smallest absolute Gasteiger partial charge is 0.0726 e. The zero-order chi connectivity index (χ0) is 41.5. The van der Waals surface area contributed by atoms with Gasteiger partial charge in [-0.05, 0) is 125 Å². The van der Waals surface area contributed by atoms with Gasteiger partial charge >= 0.3 is 0 Å². The summed E-state index contributed by atoms with van der Waals surface area (Å²) in [6.45, 7) is 0. The van der Waals surface area contributed by atoms with Crippen LogP contribution in [0.1, 0.15) is 44.5 Å². The van der Waals surface area contributed by atoms with Gasteiger partial charge in [-0.15, -0.1) is 0 Å². The van der Waals surface area contributed by atoms with E-state index in [0.717, 1.165) is 17.1 Å². The van der Waals surface area contributed by atoms with Gasteiger partial charge in [0, 0.05) is 17.1 Å². The fraction of sp³-hybridized carbons (Fsp3) is 0.0323. The van der Waals surface area contributed by atoms with Crippen molar-refractivity contribution in [1.82, 2.24) is 0 Å². The molecule has 0 saturated carbocycles. The van der Waals surface area contributed by atoms with E-state index in [2.05, 4.69) is 254 Å². The highest BCUT2D eigenvalue weighted by molar-refractivity contribution is 5.97. The van der Waals surface area contributed by atoms with Crippen molar-refractivity contribution in [2.24, 2.45) is 0 Å². The Morgan fingerprint density at radius 3 is 1.13 bits per heavy atom. The monoisotopic (exact) mass is 799 g/mol. The molecule has 0 saturated heterocycles. The molecule has 10 aromatic carbocycles. The average Bonchev–Trinajstić information content (AvgIpc) is 3.95. The van der Waals surface area contributed by atoms with E-state index < -0.39 is 10.8 Å². The predicted molar refractivity (Wildman–Crippen MR) is 260 cm³/mol. The Bertz CT molecular complexity index is 3280. The van der Waals surface area contributed by atoms with Gasteiger partial charge in [0.25, 0.3) is 0 Å². The maximum atomic E-state index is 2.50. The SMILES string of the molecule is c1ccc(-c2ccc(N(c3ccc4c(c3)-c3ccccc3C4(c3ccccc3)c3ccccc3)c3ccc4c(c3)C3(c5ccccc5-c5ccccc53)c3ccccc3-4)cc2)cc1. The van der Waals surface area contributed by atoms with Gasteiger partial charge in [-0.3, -0.25) is 0 Å². The lowest BCUT2D eigenvalue weighted by Gasteiger charge is -2.34. The normalized spacial score (nSPS) is 14.0. The third kappa shape index (κ3) is 4.94. The third-order valence-electron chi connectivity index (χ3n) is 14.2. The number of fused-ring (bicyclic) bond motifs is 13. The van der Waals surface area contributed by atoms with Crippen molar-refractivity contribution < 1.29 is 0 Å². The van der Waals surface area contributed by atoms with Crippen LogP contribution in [-0.4, -0.2) is 0 Å². The van der Waals surface area contributed by atoms with Crippen molar-refractivity contribution in [3.8, 4) is 44.5 Å². The topological polar surface area (TPSA) is 3.24 Å². The minimum Gasteiger partial charge on any atom is -0.310 e. The van der Waals surface area contributed by atoms with E-state index in [9.17, 15) is 0 Å². The summed E-state index contributed by atoms with van der Waals surface area (Å²) in [5.41, 5.74) is 23.1. The molecule has 1 nitrogen and oxygen atoms in total. The minimum absolute atomic E-state index is 0.445. The van der Waals surface area contributed by atoms with Crippen LogP contribution in [0.2, 0.25) is 0 Å². The summed E-state index contributed by atoms with van der Waals surface area (Å²) >= 11 is 0. The zero-order valence-corrected chi connectivity index (χ0v) is 34.6. The van der Waals surface area contributed by atoms with E-state index in [1.165, 1.54) is 89.0 Å². The molecule has 63 heavy (non-hydrogen) atoms. The fourth-order valence-corrected chi connectivity index (χ4v) is 11.7. The molecule has 10 aromatic rings. The zero-order valence-electron chi connectivity index (χ0n) is 34.6. The van der Waals surface area contributed by atoms with Crippen molar-refractivity contribution in [1.29, 1.82) is 0 Å². The van der Waals surface area contributed by atoms with Crippen molar-refractivity contribution in [3.05, 3.63) is 293 Å². The Balaban J connectivity index is 1.06. The quantitative estimate of drug-likeness (QED) is 0.162. The summed E-state index contributed by atoms with van der Waals surface area (Å²) in [6, 6.07) is 92.6. The van der Waals surface area contributed by atoms with Crippen molar-refractivity contribution in [3.63, 3.8) is 0 Å². The van der Waals surface area contributed by atoms with Crippen LogP contribution in [-0.2, 0) is 10.8 Å². The van der Waals surface area contributed by atoms with E-state index >= 15 is 0 Å². The lowest BCUT2D eigenvalue weighted by molar-refractivity contribution is 0.768. The van der Waals surface area contributed by atoms with Crippen LogP contribution in [0.5, 0.6) is 0 Å². The molecule has 13 rings (SSSR count). The maximum Gasteiger partial charge on any atom is 0.0726 e. The van der Waals surface area contributed by atoms with Crippen LogP contribution in [0.4, 0.5) is 17.1 Å². The highest BCUT2D eigenvalue weighted by Gasteiger charge is 2.52. The molecule has 0 aliphatic heterocycles. The summed E-state index contributed by atoms with van der Waals surface area (Å²) in [6.07, 6.45) is 0. The Hall–Kier alpha value is -8.00. The molecule has 0 N–H and O–H groups in total. The molecule has 0 radical (unpaired) electrons. The van der Waals surface area contributed by atoms with Gasteiger partial charge < -0.3 is 4.90 Å². The number of anilines is 3. The fourth-order valence-electron chi connectivity index (χ4n) is 11.7. The standard InChI is InChI=1S/C62H41N/c1-4-18-42(19-5-1)43-32-34-46(35-33-43)63(47-37-39-59-54(40-47)52-27-13-14-28-55(52)61(59,44-20-6-2-7-21-44)45-22-8-3-9-23-45)48-36-38-53-51-26-12-17-31-58(51)62(60(53)41-48)56-29-15-10-24-49(56)50-25-11-16-30-57(50)62/h1-41H. The molecule has 0 aromatic heterocycles. The summed E-state index contributed by atoms with van der Waals surface area (Å²) < 4.78 is 0. The molecule has 0 amide bonds. The largest absolute Gasteiger partial charge is 0.310 e. The van der Waals surface area contributed by atoms with Crippen molar-refractivity contribution >= 4 is 17.1 Å². The van der Waals surface area contributed by atoms with Gasteiger partial charge in [0.2, 0.25) is 0 Å². The van der Waals surface area contributed by atoms with Gasteiger partial charge in [-0.2, -0.15) is 0 Å². The molecular weight excluding hydrogens is 759 g/mol. The first kappa shape index (κ1) is 35.7. The highest BCUT2D eigenvalue weighted by atomic mass is 15.1. The molecule has 1 heteroatoms. The number of nitrogens with zero attached hydrogens (tertiary/aromatic N) is 1. The Morgan fingerprint density at radius 2 is 0.587 bits per heavy atom. The van der Waals surface area contributed by atoms with Crippen LogP contribution in [0.3, 0.4) is 0 Å². The van der Waals surface area contributed by atoms with Gasteiger partial charge in [-0.1, -0.05) is 212 Å². The van der Waals surface area contributed by atoms with E-state index in [4.69, 9.17) is 0 Å². The number of rotatable bonds is 6. The second-order valence-corrected chi connectivity index (χ2v) is 17.1. The Morgan fingerprint density at radius 1 is 0.222 bits per heavy atom. The van der Waals surface area contributed by atoms with E-state index in [1.807, 2.05) is 0 Å². The molecule has 0 bridgehead atoms. The van der Waals surface area contributed by atoms with Crippen molar-refractivity contribution in [2.75, 3.05) is 4.90 Å². The molecule has 3 aliphatic rings. The average molecular weight is 800 g/mol. The first-order valence-electron chi connectivity index (χ1n) is 22.0. The number of benzene rings is 10. The van der Waals surface area contributed by atoms with Crippen LogP contribution >= 0.6 is 0 Å². The van der Waals surface area contributed by atoms with Crippen molar-refractivity contribution in [2.45, 2.75) is 10.8 Å². The third-order valence-corrected chi connectivity index (χ3v) is 14.2. The maximum absolute atomic E-state index is 2.50. The van der Waals surface area contributed by atoms with Gasteiger partial charge in [-0.25, -0.2) is 0 Å². The predicted octanol–water partition coefficient (Wildman–Crippen LogP) is 15.5. The van der Waals surface area contributed by atoms with Crippen LogP contribution in [0.15, 0.2) is 249 Å². The molecule has 0 fully saturated rings. The second-order valence-electron chi connectivity index (χ2n) is 17.1. The number of hydrogen-bond acceptors (Lipinski definition) is 1. The Kier molecular flexibility index (Phi) is 7.80. The van der Waals surface area contributed by atoms with Crippen LogP contribution in [0.25, 0.3) is 44.5 Å². The van der Waals surface area contributed by atoms with E-state index in [-0.39, 0.29) is 0 Å². The first-order chi connectivity index (χ1) is 31.3. The lowest BCUT2D eigenvalue weighted by atomic mass is 9.68. The molecular formula is C62H41N. The highest BCUT2D eigenvalue weighted by Crippen LogP contribution is 2.64. The van der Waals surface area contributed by atoms with Gasteiger partial charge in [0.15, 0.2) is 0 Å². The summed E-state index contributed by atoms with van der Waals surface area (Å²) in [5, 5.41) is 0. The summed E-state index contributed by atoms with van der Waals surface area (Å²) in [4.78, 5) is 2.48. The first-order valence-corrected chi connectivity index (χ1v) is 22.0. The molecule has 0 heterocycles. The number of hydrogen-bond donors (Lipinski definition) is 0. The Labute approximate surface area is 368 Å². The molecule has 0 unspecified atom stereocenters. The van der Waals surface area contributed by atoms with Crippen LogP contribution < -0.4 is 4.90 Å². The lowest BCUT2D eigenvalue weighted by Crippen LogP contribution is -2.28. The summed E-state index contributed by atoms with van der Waals surface area (Å²) in [7, 11) is 0. The van der Waals surface area contributed by atoms with Gasteiger partial charge in [0.05, 0.1) is 10.8 Å². The molecule has 1 spiro atoms. The minimum atomic E-state index is -0.468. The van der Waals surface area contributed by atoms with E-state index in [1.54, 1.807) is 0 Å². The molecule has 294 valence electrons. The van der Waals surface area contributed by atoms with Crippen LogP contribution in [0, 0.1) is 0 Å². The second kappa shape index (κ2) is 13.8. The molecule has 3 aliphatic carbocycles. The summed E-state index contributed by atoms with van der Waals surface area (Å²) in [5.74, 6) is 0. The van der Waals surface area contributed by atoms with Gasteiger partial charge in [0.1, 0.15) is 0 Å².